The second-order valence-electron chi connectivity index (χ2n) is 6.44. The van der Waals surface area contributed by atoms with E-state index >= 15 is 0 Å². The molecule has 128 valence electrons. The normalized spacial score (nSPS) is 14.1. The molecule has 3 aromatic heterocycles. The minimum atomic E-state index is -0.262. The maximum absolute atomic E-state index is 12.6. The Morgan fingerprint density at radius 1 is 1.28 bits per heavy atom. The lowest BCUT2D eigenvalue weighted by molar-refractivity contribution is 0.555. The molecule has 4 rings (SSSR count). The Balaban J connectivity index is 1.84. The van der Waals surface area contributed by atoms with Crippen molar-refractivity contribution >= 4 is 22.9 Å². The second kappa shape index (κ2) is 5.84. The number of aromatic nitrogens is 5. The van der Waals surface area contributed by atoms with Crippen molar-refractivity contribution in [1.29, 1.82) is 0 Å². The highest BCUT2D eigenvalue weighted by Crippen LogP contribution is 2.26. The van der Waals surface area contributed by atoms with E-state index in [4.69, 9.17) is 0 Å². The third-order valence-corrected chi connectivity index (χ3v) is 4.58. The average Bonchev–Trinajstić information content (AvgIpc) is 3.02. The maximum atomic E-state index is 12.6. The van der Waals surface area contributed by atoms with Crippen LogP contribution in [0.2, 0.25) is 0 Å². The summed E-state index contributed by atoms with van der Waals surface area (Å²) in [5.41, 5.74) is 1.51. The van der Waals surface area contributed by atoms with Crippen LogP contribution in [0.3, 0.4) is 0 Å². The van der Waals surface area contributed by atoms with E-state index in [0.717, 1.165) is 30.0 Å². The minimum Gasteiger partial charge on any atom is -0.348 e. The number of pyridine rings is 1. The van der Waals surface area contributed by atoms with Crippen LogP contribution in [0.15, 0.2) is 35.9 Å². The fraction of sp³-hybridized carbons (Fsp3) is 0.333. The summed E-state index contributed by atoms with van der Waals surface area (Å²) >= 11 is 0. The number of hydrogen-bond donors (Lipinski definition) is 0. The van der Waals surface area contributed by atoms with Crippen LogP contribution < -0.4 is 10.6 Å². The first-order chi connectivity index (χ1) is 12.1. The summed E-state index contributed by atoms with van der Waals surface area (Å²) in [6.45, 7) is 9.93. The zero-order valence-corrected chi connectivity index (χ0v) is 14.4. The molecule has 0 N–H and O–H groups in total. The van der Waals surface area contributed by atoms with E-state index in [-0.39, 0.29) is 11.7 Å². The molecule has 0 unspecified atom stereocenters. The summed E-state index contributed by atoms with van der Waals surface area (Å²) < 4.78 is 3.79. The van der Waals surface area contributed by atoms with Gasteiger partial charge in [0.1, 0.15) is 17.3 Å². The van der Waals surface area contributed by atoms with Gasteiger partial charge in [-0.15, -0.1) is 0 Å². The molecule has 1 aliphatic rings. The van der Waals surface area contributed by atoms with Crippen LogP contribution in [0.5, 0.6) is 0 Å². The first-order valence-corrected chi connectivity index (χ1v) is 8.39. The van der Waals surface area contributed by atoms with Crippen LogP contribution >= 0.6 is 0 Å². The zero-order chi connectivity index (χ0) is 17.6. The Hall–Kier alpha value is -2.96. The largest absolute Gasteiger partial charge is 0.351 e. The predicted molar refractivity (Wildman–Crippen MR) is 97.6 cm³/mol. The van der Waals surface area contributed by atoms with Gasteiger partial charge in [0.25, 0.3) is 0 Å². The highest BCUT2D eigenvalue weighted by molar-refractivity contribution is 5.87. The summed E-state index contributed by atoms with van der Waals surface area (Å²) in [5, 5.41) is 0.896. The smallest absolute Gasteiger partial charge is 0.348 e. The topological polar surface area (TPSA) is 68.8 Å². The average molecular weight is 336 g/mol. The van der Waals surface area contributed by atoms with Crippen LogP contribution in [0.4, 0.5) is 5.82 Å². The Bertz CT molecular complexity index is 1020. The second-order valence-corrected chi connectivity index (χ2v) is 6.44. The molecular weight excluding hydrogens is 316 g/mol. The van der Waals surface area contributed by atoms with E-state index in [1.54, 1.807) is 16.8 Å². The first-order valence-electron chi connectivity index (χ1n) is 8.39. The fourth-order valence-electron chi connectivity index (χ4n) is 3.42. The Kier molecular flexibility index (Phi) is 3.63. The molecule has 0 aromatic carbocycles. The molecule has 0 bridgehead atoms. The van der Waals surface area contributed by atoms with Gasteiger partial charge in [0, 0.05) is 25.3 Å². The molecule has 0 spiro atoms. The van der Waals surface area contributed by atoms with Gasteiger partial charge < -0.3 is 9.47 Å². The SMILES string of the molecule is C=Cc1ncc2n1CCN(c1nc(=O)n(C(C)C)c3ncccc13)C2. The van der Waals surface area contributed by atoms with Gasteiger partial charge in [0.2, 0.25) is 0 Å². The predicted octanol–water partition coefficient (Wildman–Crippen LogP) is 2.23. The highest BCUT2D eigenvalue weighted by atomic mass is 16.1. The van der Waals surface area contributed by atoms with E-state index in [2.05, 4.69) is 31.0 Å². The standard InChI is InChI=1S/C18H20N6O/c1-4-15-20-10-13-11-22(8-9-23(13)15)17-14-6-5-7-19-16(14)24(12(2)3)18(25)21-17/h4-7,10,12H,1,8-9,11H2,2-3H3. The van der Waals surface area contributed by atoms with Crippen molar-refractivity contribution in [2.75, 3.05) is 11.4 Å². The lowest BCUT2D eigenvalue weighted by atomic mass is 10.2. The van der Waals surface area contributed by atoms with Crippen LogP contribution in [0.25, 0.3) is 17.1 Å². The van der Waals surface area contributed by atoms with Crippen molar-refractivity contribution < 1.29 is 0 Å². The number of hydrogen-bond acceptors (Lipinski definition) is 5. The first kappa shape index (κ1) is 15.6. The third kappa shape index (κ3) is 2.43. The molecular formula is C18H20N6O. The number of imidazole rings is 1. The van der Waals surface area contributed by atoms with E-state index in [9.17, 15) is 4.79 Å². The molecule has 3 aromatic rings. The van der Waals surface area contributed by atoms with Crippen molar-refractivity contribution in [2.45, 2.75) is 33.0 Å². The molecule has 0 radical (unpaired) electrons. The van der Waals surface area contributed by atoms with Crippen LogP contribution in [-0.2, 0) is 13.1 Å². The van der Waals surface area contributed by atoms with Crippen molar-refractivity contribution in [2.24, 2.45) is 0 Å². The van der Waals surface area contributed by atoms with Gasteiger partial charge in [0.05, 0.1) is 23.8 Å². The molecule has 0 atom stereocenters. The van der Waals surface area contributed by atoms with E-state index in [1.807, 2.05) is 32.2 Å². The van der Waals surface area contributed by atoms with Crippen molar-refractivity contribution in [3.8, 4) is 0 Å². The maximum Gasteiger partial charge on any atom is 0.351 e. The minimum absolute atomic E-state index is 0.00406. The summed E-state index contributed by atoms with van der Waals surface area (Å²) in [4.78, 5) is 27.9. The summed E-state index contributed by atoms with van der Waals surface area (Å²) in [5.74, 6) is 1.57. The van der Waals surface area contributed by atoms with Crippen molar-refractivity contribution in [1.82, 2.24) is 24.1 Å². The molecule has 0 saturated heterocycles. The van der Waals surface area contributed by atoms with E-state index in [0.29, 0.717) is 18.0 Å². The number of anilines is 1. The molecule has 4 heterocycles. The van der Waals surface area contributed by atoms with Crippen LogP contribution in [0, 0.1) is 0 Å². The van der Waals surface area contributed by atoms with Gasteiger partial charge in [-0.2, -0.15) is 4.98 Å². The quantitative estimate of drug-likeness (QED) is 0.734. The van der Waals surface area contributed by atoms with Gasteiger partial charge in [-0.25, -0.2) is 14.8 Å². The van der Waals surface area contributed by atoms with Gasteiger partial charge in [-0.05, 0) is 32.1 Å². The molecule has 0 saturated carbocycles. The highest BCUT2D eigenvalue weighted by Gasteiger charge is 2.23. The molecule has 1 aliphatic heterocycles. The van der Waals surface area contributed by atoms with Gasteiger partial charge in [-0.1, -0.05) is 6.58 Å². The Morgan fingerprint density at radius 2 is 2.12 bits per heavy atom. The fourth-order valence-corrected chi connectivity index (χ4v) is 3.42. The molecule has 0 amide bonds. The van der Waals surface area contributed by atoms with Crippen LogP contribution in [0.1, 0.15) is 31.4 Å². The molecule has 7 nitrogen and oxygen atoms in total. The number of nitrogens with zero attached hydrogens (tertiary/aromatic N) is 6. The summed E-state index contributed by atoms with van der Waals surface area (Å²) in [6.07, 6.45) is 5.34. The third-order valence-electron chi connectivity index (χ3n) is 4.58. The Labute approximate surface area is 145 Å². The van der Waals surface area contributed by atoms with E-state index in [1.165, 1.54) is 0 Å². The number of rotatable bonds is 3. The molecule has 7 heteroatoms. The van der Waals surface area contributed by atoms with Gasteiger partial charge in [0.15, 0.2) is 0 Å². The zero-order valence-electron chi connectivity index (χ0n) is 14.4. The van der Waals surface area contributed by atoms with Crippen LogP contribution in [-0.4, -0.2) is 30.6 Å². The molecule has 0 aliphatic carbocycles. The lowest BCUT2D eigenvalue weighted by Crippen LogP contribution is -2.37. The summed E-state index contributed by atoms with van der Waals surface area (Å²) in [7, 11) is 0. The van der Waals surface area contributed by atoms with Gasteiger partial charge >= 0.3 is 5.69 Å². The molecule has 0 fully saturated rings. The van der Waals surface area contributed by atoms with Crippen molar-refractivity contribution in [3.05, 3.63) is 53.1 Å². The summed E-state index contributed by atoms with van der Waals surface area (Å²) in [6, 6.07) is 3.86. The molecule has 25 heavy (non-hydrogen) atoms. The number of fused-ring (bicyclic) bond motifs is 2. The van der Waals surface area contributed by atoms with Crippen molar-refractivity contribution in [3.63, 3.8) is 0 Å². The van der Waals surface area contributed by atoms with Gasteiger partial charge in [-0.3, -0.25) is 4.57 Å². The Morgan fingerprint density at radius 3 is 2.88 bits per heavy atom. The monoisotopic (exact) mass is 336 g/mol. The van der Waals surface area contributed by atoms with E-state index < -0.39 is 0 Å². The lowest BCUT2D eigenvalue weighted by Gasteiger charge is -2.30.